The fourth-order valence-electron chi connectivity index (χ4n) is 4.25. The summed E-state index contributed by atoms with van der Waals surface area (Å²) in [7, 11) is 4.75. The number of esters is 4. The number of aromatic nitrogens is 8. The number of rotatable bonds is 7. The third-order valence-electron chi connectivity index (χ3n) is 6.62. The highest BCUT2D eigenvalue weighted by Crippen LogP contribution is 2.20. The van der Waals surface area contributed by atoms with Gasteiger partial charge in [0, 0.05) is 29.0 Å². The monoisotopic (exact) mass is 788 g/mol. The molecule has 1 N–H and O–H groups in total. The number of hydrogen-bond donors (Lipinski definition) is 1. The molecule has 0 saturated carbocycles. The van der Waals surface area contributed by atoms with E-state index in [2.05, 4.69) is 54.5 Å². The highest BCUT2D eigenvalue weighted by Gasteiger charge is 2.26. The van der Waals surface area contributed by atoms with Crippen molar-refractivity contribution in [1.82, 2.24) is 40.4 Å². The zero-order chi connectivity index (χ0) is 37.1. The summed E-state index contributed by atoms with van der Waals surface area (Å²) in [5.41, 5.74) is 2.91. The maximum absolute atomic E-state index is 11.8. The van der Waals surface area contributed by atoms with E-state index >= 15 is 0 Å². The van der Waals surface area contributed by atoms with Crippen molar-refractivity contribution in [3.05, 3.63) is 105 Å². The van der Waals surface area contributed by atoms with Crippen LogP contribution in [0.2, 0.25) is 10.0 Å². The molecular weight excluding hydrogens is 755 g/mol. The summed E-state index contributed by atoms with van der Waals surface area (Å²) in [4.78, 5) is 55.1. The number of hydrogen-bond acceptors (Lipinski definition) is 14. The van der Waals surface area contributed by atoms with Gasteiger partial charge in [-0.15, -0.1) is 32.0 Å². The zero-order valence-electron chi connectivity index (χ0n) is 27.2. The summed E-state index contributed by atoms with van der Waals surface area (Å²) in [6, 6.07) is 15.2. The molecule has 0 atom stereocenters. The standard InChI is InChI=1S/C16H13ClN4O4.C10H7Cl2N.C6H7N3O4.2CH4/c1-24-15(22)13-14(16(23)25-2)20-21(19-13)8-9-3-4-12-10(5-9)6-11(17)7-18-12;11-5-7-1-2-10-8(3-7)4-9(12)6-13-10;1-12-5(10)3-4(6(11)13-2)8-9-7-3;;/h3-7H,8H2,1-2H3;1-4,6H,5H2;1-2H3,(H,7,8,9);2*1H4. The Bertz CT molecular complexity index is 2150. The summed E-state index contributed by atoms with van der Waals surface area (Å²) in [6.45, 7) is 0.240. The summed E-state index contributed by atoms with van der Waals surface area (Å²) in [5.74, 6) is -2.49. The number of aromatic amines is 1. The number of nitrogens with one attached hydrogen (secondary N) is 1. The second-order valence-corrected chi connectivity index (χ2v) is 11.0. The van der Waals surface area contributed by atoms with Crippen molar-refractivity contribution in [3.8, 4) is 0 Å². The molecular formula is C34H35Cl3N8O8. The molecule has 4 aromatic heterocycles. The van der Waals surface area contributed by atoms with E-state index in [4.69, 9.17) is 34.8 Å². The first-order valence-electron chi connectivity index (χ1n) is 14.3. The Labute approximate surface area is 318 Å². The Morgan fingerprint density at radius 1 is 0.623 bits per heavy atom. The predicted molar refractivity (Wildman–Crippen MR) is 197 cm³/mol. The minimum atomic E-state index is -0.763. The SMILES string of the molecule is C.C.COC(=O)c1n[nH]nc1C(=O)OC.COC(=O)c1nn(Cc2ccc3ncc(Cl)cc3c2)nc1C(=O)OC.ClCc1ccc2ncc(Cl)cc2c1. The molecule has 0 bridgehead atoms. The van der Waals surface area contributed by atoms with Gasteiger partial charge in [0.15, 0.2) is 0 Å². The Morgan fingerprint density at radius 2 is 1.02 bits per heavy atom. The van der Waals surface area contributed by atoms with Crippen LogP contribution in [-0.4, -0.2) is 92.7 Å². The van der Waals surface area contributed by atoms with Crippen LogP contribution in [0.4, 0.5) is 0 Å². The Kier molecular flexibility index (Phi) is 16.7. The van der Waals surface area contributed by atoms with Gasteiger partial charge in [-0.25, -0.2) is 19.2 Å². The molecule has 0 unspecified atom stereocenters. The highest BCUT2D eigenvalue weighted by atomic mass is 35.5. The lowest BCUT2D eigenvalue weighted by atomic mass is 10.1. The number of nitrogens with zero attached hydrogens (tertiary/aromatic N) is 7. The number of pyridine rings is 2. The minimum absolute atomic E-state index is 0. The molecule has 280 valence electrons. The predicted octanol–water partition coefficient (Wildman–Crippen LogP) is 6.38. The molecule has 0 fully saturated rings. The van der Waals surface area contributed by atoms with Crippen molar-refractivity contribution >= 4 is 80.5 Å². The molecule has 0 radical (unpaired) electrons. The minimum Gasteiger partial charge on any atom is -0.464 e. The van der Waals surface area contributed by atoms with Crippen molar-refractivity contribution < 1.29 is 38.1 Å². The van der Waals surface area contributed by atoms with Gasteiger partial charge in [0.2, 0.25) is 22.8 Å². The fraction of sp³-hybridized carbons (Fsp3) is 0.235. The first-order valence-corrected chi connectivity index (χ1v) is 15.6. The summed E-state index contributed by atoms with van der Waals surface area (Å²) >= 11 is 17.5. The van der Waals surface area contributed by atoms with E-state index in [0.717, 1.165) is 32.9 Å². The van der Waals surface area contributed by atoms with Gasteiger partial charge in [-0.05, 0) is 47.5 Å². The summed E-state index contributed by atoms with van der Waals surface area (Å²) in [5, 5.41) is 20.2. The van der Waals surface area contributed by atoms with Crippen molar-refractivity contribution in [2.24, 2.45) is 0 Å². The molecule has 0 amide bonds. The van der Waals surface area contributed by atoms with Gasteiger partial charge in [-0.3, -0.25) is 9.97 Å². The number of alkyl halides is 1. The van der Waals surface area contributed by atoms with Crippen LogP contribution < -0.4 is 0 Å². The third kappa shape index (κ3) is 11.1. The van der Waals surface area contributed by atoms with Crippen molar-refractivity contribution in [2.45, 2.75) is 27.3 Å². The van der Waals surface area contributed by atoms with E-state index in [1.54, 1.807) is 18.5 Å². The molecule has 0 aliphatic carbocycles. The van der Waals surface area contributed by atoms with Gasteiger partial charge in [0.05, 0.1) is 56.1 Å². The van der Waals surface area contributed by atoms with Gasteiger partial charge >= 0.3 is 23.9 Å². The number of halogens is 3. The molecule has 19 heteroatoms. The lowest BCUT2D eigenvalue weighted by Gasteiger charge is -2.03. The van der Waals surface area contributed by atoms with Crippen molar-refractivity contribution in [3.63, 3.8) is 0 Å². The van der Waals surface area contributed by atoms with Crippen LogP contribution >= 0.6 is 34.8 Å². The lowest BCUT2D eigenvalue weighted by Crippen LogP contribution is -2.11. The van der Waals surface area contributed by atoms with E-state index in [-0.39, 0.29) is 44.2 Å². The number of benzene rings is 2. The quantitative estimate of drug-likeness (QED) is 0.106. The van der Waals surface area contributed by atoms with E-state index in [1.807, 2.05) is 42.5 Å². The number of ether oxygens (including phenoxy) is 4. The van der Waals surface area contributed by atoms with Crippen LogP contribution in [0.3, 0.4) is 0 Å². The molecule has 0 saturated heterocycles. The fourth-order valence-corrected chi connectivity index (χ4v) is 4.75. The van der Waals surface area contributed by atoms with Crippen LogP contribution in [0.15, 0.2) is 60.9 Å². The number of carbonyl (C=O) groups excluding carboxylic acids is 4. The van der Waals surface area contributed by atoms with Crippen LogP contribution in [0.5, 0.6) is 0 Å². The number of H-pyrrole nitrogens is 1. The Morgan fingerprint density at radius 3 is 1.43 bits per heavy atom. The molecule has 0 aliphatic heterocycles. The molecule has 6 aromatic rings. The van der Waals surface area contributed by atoms with Gasteiger partial charge in [0.1, 0.15) is 0 Å². The maximum Gasteiger partial charge on any atom is 0.361 e. The molecule has 53 heavy (non-hydrogen) atoms. The van der Waals surface area contributed by atoms with Crippen LogP contribution in [0, 0.1) is 0 Å². The first kappa shape index (κ1) is 43.5. The van der Waals surface area contributed by atoms with E-state index in [0.29, 0.717) is 15.9 Å². The van der Waals surface area contributed by atoms with E-state index < -0.39 is 23.9 Å². The molecule has 2 aromatic carbocycles. The van der Waals surface area contributed by atoms with Crippen LogP contribution in [0.25, 0.3) is 21.8 Å². The Balaban J connectivity index is 0.000000295. The maximum atomic E-state index is 11.8. The average Bonchev–Trinajstić information content (AvgIpc) is 3.82. The lowest BCUT2D eigenvalue weighted by molar-refractivity contribution is 0.0548. The third-order valence-corrected chi connectivity index (χ3v) is 7.34. The normalized spacial score (nSPS) is 9.94. The van der Waals surface area contributed by atoms with Crippen LogP contribution in [-0.2, 0) is 31.4 Å². The molecule has 4 heterocycles. The van der Waals surface area contributed by atoms with Gasteiger partial charge in [-0.2, -0.15) is 10.0 Å². The molecule has 6 rings (SSSR count). The Hall–Kier alpha value is -5.71. The second kappa shape index (κ2) is 20.4. The largest absolute Gasteiger partial charge is 0.464 e. The van der Waals surface area contributed by atoms with Crippen molar-refractivity contribution in [2.75, 3.05) is 28.4 Å². The first-order chi connectivity index (χ1) is 24.5. The van der Waals surface area contributed by atoms with Gasteiger partial charge < -0.3 is 18.9 Å². The molecule has 0 spiro atoms. The summed E-state index contributed by atoms with van der Waals surface area (Å²) in [6.07, 6.45) is 3.22. The number of methoxy groups -OCH3 is 4. The molecule has 16 nitrogen and oxygen atoms in total. The van der Waals surface area contributed by atoms with Crippen molar-refractivity contribution in [1.29, 1.82) is 0 Å². The highest BCUT2D eigenvalue weighted by molar-refractivity contribution is 6.31. The average molecular weight is 790 g/mol. The second-order valence-electron chi connectivity index (χ2n) is 9.91. The van der Waals surface area contributed by atoms with Crippen LogP contribution in [0.1, 0.15) is 67.9 Å². The zero-order valence-corrected chi connectivity index (χ0v) is 29.5. The van der Waals surface area contributed by atoms with E-state index in [1.165, 1.54) is 33.2 Å². The van der Waals surface area contributed by atoms with Gasteiger partial charge in [-0.1, -0.05) is 50.2 Å². The number of carbonyl (C=O) groups is 4. The number of fused-ring (bicyclic) bond motifs is 2. The summed E-state index contributed by atoms with van der Waals surface area (Å²) < 4.78 is 18.0. The van der Waals surface area contributed by atoms with E-state index in [9.17, 15) is 19.2 Å². The molecule has 0 aliphatic rings. The smallest absolute Gasteiger partial charge is 0.361 e. The topological polar surface area (TPSA) is 203 Å². The van der Waals surface area contributed by atoms with Gasteiger partial charge in [0.25, 0.3) is 0 Å².